The molecular formula is C20H19NO6S. The molecule has 0 saturated carbocycles. The van der Waals surface area contributed by atoms with E-state index in [-0.39, 0.29) is 17.1 Å². The second kappa shape index (κ2) is 7.21. The number of sulfonamides is 1. The fourth-order valence-electron chi connectivity index (χ4n) is 2.86. The Labute approximate surface area is 161 Å². The van der Waals surface area contributed by atoms with Gasteiger partial charge < -0.3 is 9.15 Å². The number of fused-ring (bicyclic) bond motifs is 1. The van der Waals surface area contributed by atoms with Crippen molar-refractivity contribution in [3.63, 3.8) is 0 Å². The Kier molecular flexibility index (Phi) is 5.10. The average molecular weight is 401 g/mol. The summed E-state index contributed by atoms with van der Waals surface area (Å²) >= 11 is 0. The van der Waals surface area contributed by atoms with Crippen molar-refractivity contribution in [2.24, 2.45) is 5.14 Å². The molecule has 0 fully saturated rings. The third-order valence-corrected chi connectivity index (χ3v) is 5.54. The zero-order chi connectivity index (χ0) is 20.6. The van der Waals surface area contributed by atoms with Gasteiger partial charge in [-0.1, -0.05) is 18.2 Å². The lowest BCUT2D eigenvalue weighted by Gasteiger charge is -2.11. The van der Waals surface area contributed by atoms with Crippen LogP contribution in [0.15, 0.2) is 50.5 Å². The van der Waals surface area contributed by atoms with E-state index in [1.165, 1.54) is 24.3 Å². The van der Waals surface area contributed by atoms with Crippen molar-refractivity contribution < 1.29 is 22.4 Å². The molecule has 3 aromatic rings. The Morgan fingerprint density at radius 2 is 1.75 bits per heavy atom. The Balaban J connectivity index is 1.94. The molecule has 7 nitrogen and oxygen atoms in total. The summed E-state index contributed by atoms with van der Waals surface area (Å²) in [6.07, 6.45) is 0. The number of ether oxygens (including phenoxy) is 1. The van der Waals surface area contributed by atoms with Gasteiger partial charge in [0.1, 0.15) is 12.2 Å². The molecule has 8 heteroatoms. The number of hydrogen-bond donors (Lipinski definition) is 1. The summed E-state index contributed by atoms with van der Waals surface area (Å²) in [5.74, 6) is -0.715. The van der Waals surface area contributed by atoms with Crippen LogP contribution >= 0.6 is 0 Å². The van der Waals surface area contributed by atoms with Gasteiger partial charge in [0, 0.05) is 17.0 Å². The molecule has 0 aliphatic heterocycles. The molecule has 28 heavy (non-hydrogen) atoms. The van der Waals surface area contributed by atoms with Gasteiger partial charge in [-0.25, -0.2) is 23.1 Å². The Hall–Kier alpha value is -2.97. The minimum atomic E-state index is -3.95. The zero-order valence-corrected chi connectivity index (χ0v) is 16.4. The maximum atomic E-state index is 12.5. The van der Waals surface area contributed by atoms with E-state index in [1.54, 1.807) is 13.0 Å². The van der Waals surface area contributed by atoms with E-state index in [9.17, 15) is 18.0 Å². The van der Waals surface area contributed by atoms with Gasteiger partial charge in [-0.3, -0.25) is 0 Å². The number of aryl methyl sites for hydroxylation is 3. The first-order chi connectivity index (χ1) is 13.1. The Bertz CT molecular complexity index is 1260. The summed E-state index contributed by atoms with van der Waals surface area (Å²) in [6, 6.07) is 8.95. The predicted octanol–water partition coefficient (Wildman–Crippen LogP) is 2.72. The topological polar surface area (TPSA) is 117 Å². The van der Waals surface area contributed by atoms with Crippen molar-refractivity contribution in [2.75, 3.05) is 0 Å². The van der Waals surface area contributed by atoms with Crippen LogP contribution in [0.25, 0.3) is 11.0 Å². The largest absolute Gasteiger partial charge is 0.457 e. The number of hydrogen-bond acceptors (Lipinski definition) is 6. The number of rotatable bonds is 4. The van der Waals surface area contributed by atoms with Crippen molar-refractivity contribution >= 4 is 27.0 Å². The van der Waals surface area contributed by atoms with Crippen LogP contribution in [0, 0.1) is 20.8 Å². The van der Waals surface area contributed by atoms with Crippen LogP contribution in [0.2, 0.25) is 0 Å². The van der Waals surface area contributed by atoms with Gasteiger partial charge in [0.2, 0.25) is 10.0 Å². The first-order valence-corrected chi connectivity index (χ1v) is 9.96. The van der Waals surface area contributed by atoms with E-state index in [4.69, 9.17) is 14.3 Å². The van der Waals surface area contributed by atoms with Crippen LogP contribution in [0.3, 0.4) is 0 Å². The third kappa shape index (κ3) is 3.83. The number of primary sulfonamides is 1. The van der Waals surface area contributed by atoms with E-state index in [0.717, 1.165) is 11.1 Å². The summed E-state index contributed by atoms with van der Waals surface area (Å²) in [5, 5.41) is 5.79. The number of carbonyl (C=O) groups excluding carboxylic acids is 1. The number of carbonyl (C=O) groups is 1. The molecule has 0 radical (unpaired) electrons. The second-order valence-corrected chi connectivity index (χ2v) is 8.13. The molecule has 2 N–H and O–H groups in total. The smallest absolute Gasteiger partial charge is 0.338 e. The fraction of sp³-hybridized carbons (Fsp3) is 0.200. The normalized spacial score (nSPS) is 11.6. The highest BCUT2D eigenvalue weighted by molar-refractivity contribution is 7.89. The van der Waals surface area contributed by atoms with Crippen molar-refractivity contribution in [2.45, 2.75) is 32.3 Å². The molecular weight excluding hydrogens is 382 g/mol. The van der Waals surface area contributed by atoms with E-state index >= 15 is 0 Å². The maximum Gasteiger partial charge on any atom is 0.338 e. The number of esters is 1. The minimum Gasteiger partial charge on any atom is -0.457 e. The first-order valence-electron chi connectivity index (χ1n) is 8.41. The molecule has 0 amide bonds. The van der Waals surface area contributed by atoms with Crippen molar-refractivity contribution in [1.82, 2.24) is 0 Å². The van der Waals surface area contributed by atoms with E-state index in [2.05, 4.69) is 0 Å². The molecule has 0 aliphatic carbocycles. The molecule has 1 heterocycles. The van der Waals surface area contributed by atoms with Crippen molar-refractivity contribution in [3.05, 3.63) is 74.6 Å². The zero-order valence-electron chi connectivity index (χ0n) is 15.6. The van der Waals surface area contributed by atoms with Gasteiger partial charge in [-0.05, 0) is 49.6 Å². The molecule has 0 aliphatic rings. The quantitative estimate of drug-likeness (QED) is 0.531. The van der Waals surface area contributed by atoms with Crippen LogP contribution in [-0.4, -0.2) is 14.4 Å². The van der Waals surface area contributed by atoms with Gasteiger partial charge in [-0.2, -0.15) is 0 Å². The summed E-state index contributed by atoms with van der Waals surface area (Å²) in [5.41, 5.74) is 2.85. The van der Waals surface area contributed by atoms with Gasteiger partial charge in [0.25, 0.3) is 0 Å². The molecule has 0 unspecified atom stereocenters. The highest BCUT2D eigenvalue weighted by Gasteiger charge is 2.17. The van der Waals surface area contributed by atoms with Crippen molar-refractivity contribution in [3.8, 4) is 0 Å². The highest BCUT2D eigenvalue weighted by atomic mass is 32.2. The van der Waals surface area contributed by atoms with Crippen LogP contribution in [0.5, 0.6) is 0 Å². The summed E-state index contributed by atoms with van der Waals surface area (Å²) in [4.78, 5) is 24.2. The van der Waals surface area contributed by atoms with Crippen molar-refractivity contribution in [1.29, 1.82) is 0 Å². The molecule has 0 spiro atoms. The lowest BCUT2D eigenvalue weighted by molar-refractivity contribution is 0.0472. The third-order valence-electron chi connectivity index (χ3n) is 4.63. The maximum absolute atomic E-state index is 12.5. The Morgan fingerprint density at radius 3 is 2.43 bits per heavy atom. The summed E-state index contributed by atoms with van der Waals surface area (Å²) in [7, 11) is -3.95. The van der Waals surface area contributed by atoms with Gasteiger partial charge in [0.05, 0.1) is 10.5 Å². The number of benzene rings is 2. The molecule has 2 aromatic carbocycles. The molecule has 0 saturated heterocycles. The van der Waals surface area contributed by atoms with Gasteiger partial charge in [0.15, 0.2) is 0 Å². The lowest BCUT2D eigenvalue weighted by Crippen LogP contribution is -2.15. The van der Waals surface area contributed by atoms with Gasteiger partial charge >= 0.3 is 11.6 Å². The molecule has 0 bridgehead atoms. The monoisotopic (exact) mass is 401 g/mol. The second-order valence-electron chi connectivity index (χ2n) is 6.57. The summed E-state index contributed by atoms with van der Waals surface area (Å²) < 4.78 is 33.7. The molecule has 146 valence electrons. The predicted molar refractivity (Wildman–Crippen MR) is 104 cm³/mol. The molecule has 1 aromatic heterocycles. The van der Waals surface area contributed by atoms with Gasteiger partial charge in [-0.15, -0.1) is 0 Å². The van der Waals surface area contributed by atoms with E-state index in [0.29, 0.717) is 22.1 Å². The standard InChI is InChI=1S/C20H19NO6S/c1-11-5-7-16-14(8-18(22)27-19(16)13(11)3)10-26-20(23)17-9-15(28(21,24)25)6-4-12(17)2/h4-9H,10H2,1-3H3,(H2,21,24,25). The SMILES string of the molecule is Cc1ccc(S(N)(=O)=O)cc1C(=O)OCc1cc(=O)oc2c(C)c(C)ccc12. The van der Waals surface area contributed by atoms with Crippen LogP contribution in [0.1, 0.15) is 32.6 Å². The first kappa shape index (κ1) is 19.8. The highest BCUT2D eigenvalue weighted by Crippen LogP contribution is 2.24. The summed E-state index contributed by atoms with van der Waals surface area (Å²) in [6.45, 7) is 5.24. The average Bonchev–Trinajstić information content (AvgIpc) is 2.62. The lowest BCUT2D eigenvalue weighted by atomic mass is 10.0. The Morgan fingerprint density at radius 1 is 1.07 bits per heavy atom. The van der Waals surface area contributed by atoms with Crippen LogP contribution in [0.4, 0.5) is 0 Å². The fourth-order valence-corrected chi connectivity index (χ4v) is 3.40. The van der Waals surface area contributed by atoms with E-state index < -0.39 is 21.6 Å². The van der Waals surface area contributed by atoms with Crippen LogP contribution in [-0.2, 0) is 21.4 Å². The molecule has 3 rings (SSSR count). The van der Waals surface area contributed by atoms with E-state index in [1.807, 2.05) is 19.9 Å². The number of nitrogens with two attached hydrogens (primary N) is 1. The van der Waals surface area contributed by atoms with Crippen LogP contribution < -0.4 is 10.8 Å². The minimum absolute atomic E-state index is 0.0887. The molecule has 0 atom stereocenters.